The van der Waals surface area contributed by atoms with Gasteiger partial charge < -0.3 is 4.74 Å². The van der Waals surface area contributed by atoms with Crippen LogP contribution in [0.15, 0.2) is 24.3 Å². The van der Waals surface area contributed by atoms with Crippen molar-refractivity contribution in [2.45, 2.75) is 44.9 Å². The lowest BCUT2D eigenvalue weighted by molar-refractivity contribution is 0.0526. The molecule has 0 bridgehead atoms. The fraction of sp³-hybridized carbons (Fsp3) is 0.533. The highest BCUT2D eigenvalue weighted by Gasteiger charge is 2.15. The van der Waals surface area contributed by atoms with Gasteiger partial charge in [-0.2, -0.15) is 0 Å². The Balaban J connectivity index is 2.04. The Kier molecular flexibility index (Phi) is 4.18. The quantitative estimate of drug-likeness (QED) is 0.738. The van der Waals surface area contributed by atoms with Crippen LogP contribution in [0.1, 0.15) is 60.9 Å². The summed E-state index contributed by atoms with van der Waals surface area (Å²) in [6.45, 7) is 2.26. The summed E-state index contributed by atoms with van der Waals surface area (Å²) in [5.41, 5.74) is 2.03. The summed E-state index contributed by atoms with van der Waals surface area (Å²) in [7, 11) is 0. The molecule has 2 nitrogen and oxygen atoms in total. The molecule has 0 spiro atoms. The molecule has 1 aromatic rings. The Morgan fingerprint density at radius 2 is 1.82 bits per heavy atom. The van der Waals surface area contributed by atoms with Crippen molar-refractivity contribution in [2.75, 3.05) is 6.61 Å². The van der Waals surface area contributed by atoms with Crippen molar-refractivity contribution >= 4 is 5.97 Å². The van der Waals surface area contributed by atoms with E-state index in [1.807, 2.05) is 19.1 Å². The highest BCUT2D eigenvalue weighted by molar-refractivity contribution is 5.89. The smallest absolute Gasteiger partial charge is 0.338 e. The second-order valence-corrected chi connectivity index (χ2v) is 4.68. The fourth-order valence-corrected chi connectivity index (χ4v) is 2.54. The fourth-order valence-electron chi connectivity index (χ4n) is 2.54. The van der Waals surface area contributed by atoms with E-state index in [0.29, 0.717) is 18.1 Å². The van der Waals surface area contributed by atoms with Crippen molar-refractivity contribution in [1.82, 2.24) is 0 Å². The van der Waals surface area contributed by atoms with Crippen molar-refractivity contribution in [3.8, 4) is 0 Å². The number of carbonyl (C=O) groups is 1. The summed E-state index contributed by atoms with van der Waals surface area (Å²) in [5.74, 6) is 0.475. The maximum Gasteiger partial charge on any atom is 0.338 e. The van der Waals surface area contributed by atoms with Crippen LogP contribution in [0.5, 0.6) is 0 Å². The van der Waals surface area contributed by atoms with Gasteiger partial charge in [0.25, 0.3) is 0 Å². The van der Waals surface area contributed by atoms with Crippen LogP contribution in [-0.4, -0.2) is 12.6 Å². The van der Waals surface area contributed by atoms with Gasteiger partial charge in [-0.15, -0.1) is 0 Å². The largest absolute Gasteiger partial charge is 0.462 e. The molecule has 0 heterocycles. The van der Waals surface area contributed by atoms with Crippen molar-refractivity contribution in [3.63, 3.8) is 0 Å². The molecule has 0 radical (unpaired) electrons. The number of carbonyl (C=O) groups excluding carboxylic acids is 1. The molecule has 1 aromatic carbocycles. The molecule has 0 aromatic heterocycles. The van der Waals surface area contributed by atoms with Crippen LogP contribution >= 0.6 is 0 Å². The van der Waals surface area contributed by atoms with E-state index >= 15 is 0 Å². The first-order valence-electron chi connectivity index (χ1n) is 6.58. The molecule has 0 aliphatic heterocycles. The van der Waals surface area contributed by atoms with Gasteiger partial charge in [-0.05, 0) is 43.4 Å². The topological polar surface area (TPSA) is 26.3 Å². The van der Waals surface area contributed by atoms with Crippen LogP contribution in [0.4, 0.5) is 0 Å². The normalized spacial score (nSPS) is 16.8. The molecule has 1 saturated carbocycles. The van der Waals surface area contributed by atoms with Gasteiger partial charge in [0.1, 0.15) is 0 Å². The molecule has 0 unspecified atom stereocenters. The number of rotatable bonds is 3. The molecule has 1 aliphatic rings. The third-order valence-electron chi connectivity index (χ3n) is 3.50. The first-order chi connectivity index (χ1) is 8.31. The lowest BCUT2D eigenvalue weighted by Crippen LogP contribution is -2.07. The van der Waals surface area contributed by atoms with Crippen LogP contribution in [0.25, 0.3) is 0 Å². The SMILES string of the molecule is CCOC(=O)c1ccc(C2CCCCC2)cc1. The number of hydrogen-bond acceptors (Lipinski definition) is 2. The van der Waals surface area contributed by atoms with Crippen LogP contribution in [0.3, 0.4) is 0 Å². The zero-order chi connectivity index (χ0) is 12.1. The van der Waals surface area contributed by atoms with E-state index < -0.39 is 0 Å². The lowest BCUT2D eigenvalue weighted by atomic mass is 9.84. The van der Waals surface area contributed by atoms with Crippen molar-refractivity contribution in [1.29, 1.82) is 0 Å². The molecule has 0 atom stereocenters. The second-order valence-electron chi connectivity index (χ2n) is 4.68. The van der Waals surface area contributed by atoms with E-state index in [-0.39, 0.29) is 5.97 Å². The van der Waals surface area contributed by atoms with Gasteiger partial charge in [-0.3, -0.25) is 0 Å². The highest BCUT2D eigenvalue weighted by Crippen LogP contribution is 2.32. The zero-order valence-electron chi connectivity index (χ0n) is 10.4. The number of ether oxygens (including phenoxy) is 1. The summed E-state index contributed by atoms with van der Waals surface area (Å²) in [6.07, 6.45) is 6.63. The first kappa shape index (κ1) is 12.2. The van der Waals surface area contributed by atoms with Gasteiger partial charge in [-0.1, -0.05) is 31.4 Å². The molecule has 1 fully saturated rings. The summed E-state index contributed by atoms with van der Waals surface area (Å²) in [5, 5.41) is 0. The van der Waals surface area contributed by atoms with Crippen LogP contribution < -0.4 is 0 Å². The Hall–Kier alpha value is -1.31. The van der Waals surface area contributed by atoms with Gasteiger partial charge >= 0.3 is 5.97 Å². The van der Waals surface area contributed by atoms with Crippen LogP contribution in [-0.2, 0) is 4.74 Å². The van der Waals surface area contributed by atoms with E-state index in [1.54, 1.807) is 0 Å². The van der Waals surface area contributed by atoms with Gasteiger partial charge in [0, 0.05) is 0 Å². The average molecular weight is 232 g/mol. The van der Waals surface area contributed by atoms with E-state index in [2.05, 4.69) is 12.1 Å². The molecule has 2 rings (SSSR count). The summed E-state index contributed by atoms with van der Waals surface area (Å²) in [6, 6.07) is 7.95. The Morgan fingerprint density at radius 1 is 1.18 bits per heavy atom. The number of hydrogen-bond donors (Lipinski definition) is 0. The second kappa shape index (κ2) is 5.85. The Morgan fingerprint density at radius 3 is 2.41 bits per heavy atom. The van der Waals surface area contributed by atoms with Gasteiger partial charge in [0.15, 0.2) is 0 Å². The molecule has 1 aliphatic carbocycles. The summed E-state index contributed by atoms with van der Waals surface area (Å²) < 4.78 is 4.97. The minimum atomic E-state index is -0.220. The minimum Gasteiger partial charge on any atom is -0.462 e. The van der Waals surface area contributed by atoms with E-state index in [9.17, 15) is 4.79 Å². The standard InChI is InChI=1S/C15H20O2/c1-2-17-15(16)14-10-8-13(9-11-14)12-6-4-3-5-7-12/h8-12H,2-7H2,1H3. The molecule has 17 heavy (non-hydrogen) atoms. The van der Waals surface area contributed by atoms with Crippen molar-refractivity contribution < 1.29 is 9.53 Å². The highest BCUT2D eigenvalue weighted by atomic mass is 16.5. The molecular weight excluding hydrogens is 212 g/mol. The number of esters is 1. The summed E-state index contributed by atoms with van der Waals surface area (Å²) in [4.78, 5) is 11.5. The van der Waals surface area contributed by atoms with Crippen LogP contribution in [0.2, 0.25) is 0 Å². The van der Waals surface area contributed by atoms with Gasteiger partial charge in [-0.25, -0.2) is 4.79 Å². The van der Waals surface area contributed by atoms with Crippen molar-refractivity contribution in [3.05, 3.63) is 35.4 Å². The molecular formula is C15H20O2. The van der Waals surface area contributed by atoms with Gasteiger partial charge in [0.2, 0.25) is 0 Å². The van der Waals surface area contributed by atoms with Crippen molar-refractivity contribution in [2.24, 2.45) is 0 Å². The predicted octanol–water partition coefficient (Wildman–Crippen LogP) is 3.91. The van der Waals surface area contributed by atoms with Gasteiger partial charge in [0.05, 0.1) is 12.2 Å². The Bertz CT molecular complexity index is 361. The molecule has 0 amide bonds. The average Bonchev–Trinajstić information content (AvgIpc) is 2.40. The molecule has 2 heteroatoms. The zero-order valence-corrected chi connectivity index (χ0v) is 10.4. The lowest BCUT2D eigenvalue weighted by Gasteiger charge is -2.21. The minimum absolute atomic E-state index is 0.220. The Labute approximate surface area is 103 Å². The predicted molar refractivity (Wildman–Crippen MR) is 68.2 cm³/mol. The van der Waals surface area contributed by atoms with E-state index in [1.165, 1.54) is 37.7 Å². The maximum atomic E-state index is 11.5. The molecule has 0 N–H and O–H groups in total. The first-order valence-corrected chi connectivity index (χ1v) is 6.58. The third kappa shape index (κ3) is 3.09. The van der Waals surface area contributed by atoms with Crippen LogP contribution in [0, 0.1) is 0 Å². The van der Waals surface area contributed by atoms with E-state index in [0.717, 1.165) is 0 Å². The third-order valence-corrected chi connectivity index (χ3v) is 3.50. The number of benzene rings is 1. The maximum absolute atomic E-state index is 11.5. The summed E-state index contributed by atoms with van der Waals surface area (Å²) >= 11 is 0. The van der Waals surface area contributed by atoms with E-state index in [4.69, 9.17) is 4.74 Å². The molecule has 0 saturated heterocycles. The monoisotopic (exact) mass is 232 g/mol. The molecule has 92 valence electrons.